The topological polar surface area (TPSA) is 17.1 Å². The molecular weight excluding hydrogens is 251 g/mol. The summed E-state index contributed by atoms with van der Waals surface area (Å²) in [5, 5.41) is 0. The van der Waals surface area contributed by atoms with Crippen LogP contribution in [-0.2, 0) is 19.8 Å². The van der Waals surface area contributed by atoms with Crippen LogP contribution in [-0.4, -0.2) is 0 Å². The summed E-state index contributed by atoms with van der Waals surface area (Å²) in [4.78, 5) is 0. The summed E-state index contributed by atoms with van der Waals surface area (Å²) < 4.78 is 7.81. The average Bonchev–Trinajstić information content (AvgIpc) is 1.00. The predicted octanol–water partition coefficient (Wildman–Crippen LogP) is -0.00850. The molecule has 1 radical (unpaired) electrons. The zero-order chi connectivity index (χ0) is 2.00. The molecule has 0 atom stereocenters. The number of hydrogen-bond donors (Lipinski definition) is 0. The maximum absolute atomic E-state index is 7.81. The van der Waals surface area contributed by atoms with Crippen LogP contribution in [0.25, 0.3) is 0 Å². The number of rotatable bonds is 0. The first kappa shape index (κ1) is 16.9. The minimum absolute atomic E-state index is 0. The summed E-state index contributed by atoms with van der Waals surface area (Å²) in [5.74, 6) is 0. The van der Waals surface area contributed by atoms with Crippen LogP contribution in [0.3, 0.4) is 0 Å². The van der Waals surface area contributed by atoms with Gasteiger partial charge < -0.3 is 0 Å². The molecule has 0 aliphatic carbocycles. The van der Waals surface area contributed by atoms with Gasteiger partial charge in [-0.25, -0.2) is 0 Å². The van der Waals surface area contributed by atoms with Crippen molar-refractivity contribution < 1.29 is 55.4 Å². The normalized spacial score (nSPS) is 1.50. The molecule has 0 aromatic heterocycles. The second-order valence-corrected chi connectivity index (χ2v) is 0. The Labute approximate surface area is 68.0 Å². The predicted molar refractivity (Wildman–Crippen MR) is 11.1 cm³/mol. The molecular formula is H2CuLaOS. The van der Waals surface area contributed by atoms with E-state index in [1.807, 2.05) is 0 Å². The molecule has 1 nitrogen and oxygen atoms in total. The third kappa shape index (κ3) is 9.12. The molecule has 0 aromatic rings. The van der Waals surface area contributed by atoms with E-state index >= 15 is 0 Å². The van der Waals surface area contributed by atoms with Crippen molar-refractivity contribution in [3.05, 3.63) is 0 Å². The van der Waals surface area contributed by atoms with E-state index in [0.717, 1.165) is 0 Å². The third-order valence-corrected chi connectivity index (χ3v) is 0. The summed E-state index contributed by atoms with van der Waals surface area (Å²) in [6.45, 7) is 0. The first-order chi connectivity index (χ1) is 1.00. The Morgan fingerprint density at radius 2 is 1.25 bits per heavy atom. The van der Waals surface area contributed by atoms with E-state index < -0.39 is 0 Å². The van der Waals surface area contributed by atoms with Crippen LogP contribution in [0.5, 0.6) is 0 Å². The van der Waals surface area contributed by atoms with Crippen LogP contribution >= 0.6 is 13.5 Å². The third-order valence-electron chi connectivity index (χ3n) is 0. The molecule has 0 saturated carbocycles. The van der Waals surface area contributed by atoms with Gasteiger partial charge in [0, 0.05) is 35.6 Å². The quantitative estimate of drug-likeness (QED) is 0.555. The second-order valence-electron chi connectivity index (χ2n) is 0. The molecule has 0 fully saturated rings. The Morgan fingerprint density at radius 1 is 1.25 bits per heavy atom. The van der Waals surface area contributed by atoms with Crippen LogP contribution < -0.4 is 0 Å². The Morgan fingerprint density at radius 3 is 1.25 bits per heavy atom. The summed E-state index contributed by atoms with van der Waals surface area (Å²) >= 11 is 2.94. The average molecular weight is 253 g/mol. The van der Waals surface area contributed by atoms with Gasteiger partial charge in [0.2, 0.25) is 0 Å². The summed E-state index contributed by atoms with van der Waals surface area (Å²) in [6.07, 6.45) is 0. The minimum atomic E-state index is 0. The fourth-order valence-corrected chi connectivity index (χ4v) is 0. The van der Waals surface area contributed by atoms with Crippen molar-refractivity contribution in [2.75, 3.05) is 0 Å². The van der Waals surface area contributed by atoms with Crippen LogP contribution in [0.4, 0.5) is 0 Å². The van der Waals surface area contributed by atoms with Crippen LogP contribution in [0, 0.1) is 35.6 Å². The van der Waals surface area contributed by atoms with Crippen molar-refractivity contribution in [2.45, 2.75) is 0 Å². The zero-order valence-electron chi connectivity index (χ0n) is 1.79. The molecule has 0 amide bonds. The van der Waals surface area contributed by atoms with Crippen LogP contribution in [0.1, 0.15) is 0 Å². The van der Waals surface area contributed by atoms with Gasteiger partial charge in [-0.2, -0.15) is 13.5 Å². The van der Waals surface area contributed by atoms with Crippen molar-refractivity contribution >= 4 is 13.5 Å². The van der Waals surface area contributed by atoms with Crippen LogP contribution in [0.15, 0.2) is 0 Å². The molecule has 0 unspecified atom stereocenters. The molecule has 0 saturated heterocycles. The van der Waals surface area contributed by atoms with Gasteiger partial charge >= 0.3 is 19.8 Å². The molecule has 28 valence electrons. The Kier molecular flexibility index (Phi) is 88.4. The van der Waals surface area contributed by atoms with Gasteiger partial charge in [-0.05, 0) is 0 Å². The first-order valence-electron chi connectivity index (χ1n) is 0.123. The van der Waals surface area contributed by atoms with E-state index in [0.29, 0.717) is 0 Å². The van der Waals surface area contributed by atoms with Gasteiger partial charge in [-0.15, -0.1) is 0 Å². The standard InChI is InChI=1S/Cu.La.O.H2S/h;;;1H2. The zero-order valence-corrected chi connectivity index (χ0v) is 7.35. The van der Waals surface area contributed by atoms with E-state index in [1.165, 1.54) is 0 Å². The Balaban J connectivity index is -0.00000000500. The molecule has 0 aliphatic rings. The molecule has 0 heterocycles. The molecule has 0 N–H and O–H groups in total. The van der Waals surface area contributed by atoms with Crippen LogP contribution in [0.2, 0.25) is 0 Å². The van der Waals surface area contributed by atoms with Crippen molar-refractivity contribution in [3.63, 3.8) is 0 Å². The second kappa shape index (κ2) is 20.9. The monoisotopic (exact) mass is 252 g/mol. The van der Waals surface area contributed by atoms with Gasteiger partial charge in [0.05, 0.1) is 0 Å². The number of hydrogen-bond acceptors (Lipinski definition) is 1. The van der Waals surface area contributed by atoms with Gasteiger partial charge in [0.1, 0.15) is 0 Å². The maximum atomic E-state index is 7.81. The van der Waals surface area contributed by atoms with E-state index in [4.69, 9.17) is 3.83 Å². The Hall–Kier alpha value is 1.86. The van der Waals surface area contributed by atoms with E-state index in [9.17, 15) is 0 Å². The molecule has 0 bridgehead atoms. The molecule has 4 heteroatoms. The molecule has 0 aliphatic heterocycles. The SMILES string of the molecule is S.[La].[O]=[Cu]. The fourth-order valence-electron chi connectivity index (χ4n) is 0. The molecule has 0 rings (SSSR count). The van der Waals surface area contributed by atoms with Crippen molar-refractivity contribution in [2.24, 2.45) is 0 Å². The van der Waals surface area contributed by atoms with E-state index in [1.54, 1.807) is 0 Å². The van der Waals surface area contributed by atoms with E-state index in [-0.39, 0.29) is 49.1 Å². The molecule has 0 aromatic carbocycles. The molecule has 0 spiro atoms. The van der Waals surface area contributed by atoms with Gasteiger partial charge in [-0.1, -0.05) is 0 Å². The fraction of sp³-hybridized carbons (Fsp3) is 0. The Bertz CT molecular complexity index is 8.00. The van der Waals surface area contributed by atoms with Crippen molar-refractivity contribution in [1.29, 1.82) is 0 Å². The van der Waals surface area contributed by atoms with Gasteiger partial charge in [0.25, 0.3) is 0 Å². The van der Waals surface area contributed by atoms with Crippen molar-refractivity contribution in [3.8, 4) is 0 Å². The summed E-state index contributed by atoms with van der Waals surface area (Å²) in [6, 6.07) is 0. The van der Waals surface area contributed by atoms with E-state index in [2.05, 4.69) is 15.9 Å². The van der Waals surface area contributed by atoms with Gasteiger partial charge in [-0.3, -0.25) is 0 Å². The summed E-state index contributed by atoms with van der Waals surface area (Å²) in [5.41, 5.74) is 0. The van der Waals surface area contributed by atoms with Crippen molar-refractivity contribution in [1.82, 2.24) is 0 Å². The molecule has 4 heavy (non-hydrogen) atoms. The first-order valence-corrected chi connectivity index (χ1v) is 0.508. The summed E-state index contributed by atoms with van der Waals surface area (Å²) in [7, 11) is 0. The van der Waals surface area contributed by atoms with Gasteiger partial charge in [0.15, 0.2) is 0 Å².